The van der Waals surface area contributed by atoms with Crippen LogP contribution in [0, 0.1) is 0 Å². The Morgan fingerprint density at radius 1 is 1.26 bits per heavy atom. The summed E-state index contributed by atoms with van der Waals surface area (Å²) >= 11 is 5.98. The minimum absolute atomic E-state index is 0.155. The molecular formula is C15H15ClN2O. The highest BCUT2D eigenvalue weighted by Crippen LogP contribution is 2.23. The Bertz CT molecular complexity index is 582. The SMILES string of the molecule is CC(C)(NC(=O)c1cccnc1)c1cccc(Cl)c1. The summed E-state index contributed by atoms with van der Waals surface area (Å²) in [5.74, 6) is -0.155. The third-order valence-corrected chi connectivity index (χ3v) is 3.13. The molecule has 4 heteroatoms. The molecule has 3 nitrogen and oxygen atoms in total. The fraction of sp³-hybridized carbons (Fsp3) is 0.200. The van der Waals surface area contributed by atoms with E-state index < -0.39 is 5.54 Å². The predicted octanol–water partition coefficient (Wildman–Crippen LogP) is 3.40. The Morgan fingerprint density at radius 2 is 2.05 bits per heavy atom. The molecule has 0 aliphatic carbocycles. The molecule has 1 aromatic heterocycles. The molecule has 0 spiro atoms. The van der Waals surface area contributed by atoms with Crippen LogP contribution in [-0.2, 0) is 5.54 Å². The molecule has 1 aromatic carbocycles. The zero-order valence-corrected chi connectivity index (χ0v) is 11.6. The smallest absolute Gasteiger partial charge is 0.253 e. The van der Waals surface area contributed by atoms with Crippen molar-refractivity contribution < 1.29 is 4.79 Å². The molecule has 0 bridgehead atoms. The number of nitrogens with zero attached hydrogens (tertiary/aromatic N) is 1. The zero-order chi connectivity index (χ0) is 13.9. The molecule has 0 aliphatic rings. The summed E-state index contributed by atoms with van der Waals surface area (Å²) in [4.78, 5) is 16.1. The van der Waals surface area contributed by atoms with Gasteiger partial charge in [-0.2, -0.15) is 0 Å². The largest absolute Gasteiger partial charge is 0.343 e. The molecule has 2 rings (SSSR count). The molecule has 1 heterocycles. The number of benzene rings is 1. The number of hydrogen-bond acceptors (Lipinski definition) is 2. The second-order valence-electron chi connectivity index (χ2n) is 4.83. The molecule has 0 radical (unpaired) electrons. The molecule has 0 aliphatic heterocycles. The lowest BCUT2D eigenvalue weighted by Crippen LogP contribution is -2.41. The molecule has 0 unspecified atom stereocenters. The maximum Gasteiger partial charge on any atom is 0.253 e. The predicted molar refractivity (Wildman–Crippen MR) is 76.2 cm³/mol. The van der Waals surface area contributed by atoms with Crippen LogP contribution in [0.3, 0.4) is 0 Å². The van der Waals surface area contributed by atoms with E-state index in [9.17, 15) is 4.79 Å². The number of carbonyl (C=O) groups is 1. The monoisotopic (exact) mass is 274 g/mol. The third-order valence-electron chi connectivity index (χ3n) is 2.90. The summed E-state index contributed by atoms with van der Waals surface area (Å²) in [5.41, 5.74) is 0.993. The van der Waals surface area contributed by atoms with Gasteiger partial charge in [-0.1, -0.05) is 23.7 Å². The van der Waals surface area contributed by atoms with E-state index in [0.29, 0.717) is 10.6 Å². The number of halogens is 1. The van der Waals surface area contributed by atoms with Crippen molar-refractivity contribution in [2.24, 2.45) is 0 Å². The van der Waals surface area contributed by atoms with Crippen LogP contribution in [0.1, 0.15) is 29.8 Å². The molecular weight excluding hydrogens is 260 g/mol. The Hall–Kier alpha value is -1.87. The Morgan fingerprint density at radius 3 is 2.68 bits per heavy atom. The number of aromatic nitrogens is 1. The molecule has 1 N–H and O–H groups in total. The van der Waals surface area contributed by atoms with Gasteiger partial charge in [-0.3, -0.25) is 9.78 Å². The number of hydrogen-bond donors (Lipinski definition) is 1. The van der Waals surface area contributed by atoms with Crippen LogP contribution >= 0.6 is 11.6 Å². The van der Waals surface area contributed by atoms with Gasteiger partial charge in [0.15, 0.2) is 0 Å². The van der Waals surface area contributed by atoms with Gasteiger partial charge in [0.2, 0.25) is 0 Å². The first-order valence-electron chi connectivity index (χ1n) is 5.97. The van der Waals surface area contributed by atoms with Crippen LogP contribution in [0.4, 0.5) is 0 Å². The summed E-state index contributed by atoms with van der Waals surface area (Å²) in [5, 5.41) is 3.63. The summed E-state index contributed by atoms with van der Waals surface area (Å²) < 4.78 is 0. The van der Waals surface area contributed by atoms with Gasteiger partial charge < -0.3 is 5.32 Å². The zero-order valence-electron chi connectivity index (χ0n) is 10.9. The van der Waals surface area contributed by atoms with Crippen molar-refractivity contribution in [3.8, 4) is 0 Å². The van der Waals surface area contributed by atoms with Gasteiger partial charge in [0.25, 0.3) is 5.91 Å². The highest BCUT2D eigenvalue weighted by atomic mass is 35.5. The Labute approximate surface area is 117 Å². The lowest BCUT2D eigenvalue weighted by Gasteiger charge is -2.27. The maximum absolute atomic E-state index is 12.1. The Kier molecular flexibility index (Phi) is 3.86. The highest BCUT2D eigenvalue weighted by molar-refractivity contribution is 6.30. The van der Waals surface area contributed by atoms with E-state index in [1.54, 1.807) is 24.5 Å². The van der Waals surface area contributed by atoms with Gasteiger partial charge in [-0.15, -0.1) is 0 Å². The molecule has 1 amide bonds. The number of amides is 1. The van der Waals surface area contributed by atoms with Gasteiger partial charge in [-0.05, 0) is 43.7 Å². The van der Waals surface area contributed by atoms with Gasteiger partial charge in [0.1, 0.15) is 0 Å². The maximum atomic E-state index is 12.1. The van der Waals surface area contributed by atoms with Crippen LogP contribution in [0.5, 0.6) is 0 Å². The van der Waals surface area contributed by atoms with Crippen LogP contribution < -0.4 is 5.32 Å². The topological polar surface area (TPSA) is 42.0 Å². The van der Waals surface area contributed by atoms with Gasteiger partial charge >= 0.3 is 0 Å². The fourth-order valence-corrected chi connectivity index (χ4v) is 1.99. The van der Waals surface area contributed by atoms with Crippen molar-refractivity contribution in [2.75, 3.05) is 0 Å². The first-order chi connectivity index (χ1) is 8.99. The first kappa shape index (κ1) is 13.6. The van der Waals surface area contributed by atoms with Crippen molar-refractivity contribution in [1.29, 1.82) is 0 Å². The average molecular weight is 275 g/mol. The van der Waals surface area contributed by atoms with Crippen molar-refractivity contribution >= 4 is 17.5 Å². The van der Waals surface area contributed by atoms with Crippen LogP contribution in [0.2, 0.25) is 5.02 Å². The standard InChI is InChI=1S/C15H15ClN2O/c1-15(2,12-6-3-7-13(16)9-12)18-14(19)11-5-4-8-17-10-11/h3-10H,1-2H3,(H,18,19). The Balaban J connectivity index is 2.20. The van der Waals surface area contributed by atoms with Crippen molar-refractivity contribution in [2.45, 2.75) is 19.4 Å². The molecule has 0 saturated carbocycles. The number of nitrogens with one attached hydrogen (secondary N) is 1. The fourth-order valence-electron chi connectivity index (χ4n) is 1.80. The quantitative estimate of drug-likeness (QED) is 0.932. The van der Waals surface area contributed by atoms with Crippen molar-refractivity contribution in [1.82, 2.24) is 10.3 Å². The van der Waals surface area contributed by atoms with Crippen molar-refractivity contribution in [3.63, 3.8) is 0 Å². The van der Waals surface area contributed by atoms with Gasteiger partial charge in [-0.25, -0.2) is 0 Å². The van der Waals surface area contributed by atoms with Crippen LogP contribution in [-0.4, -0.2) is 10.9 Å². The molecule has 19 heavy (non-hydrogen) atoms. The van der Waals surface area contributed by atoms with Crippen LogP contribution in [0.25, 0.3) is 0 Å². The van der Waals surface area contributed by atoms with E-state index in [2.05, 4.69) is 10.3 Å². The molecule has 0 fully saturated rings. The molecule has 2 aromatic rings. The molecule has 98 valence electrons. The van der Waals surface area contributed by atoms with E-state index in [-0.39, 0.29) is 5.91 Å². The normalized spacial score (nSPS) is 11.1. The number of rotatable bonds is 3. The lowest BCUT2D eigenvalue weighted by atomic mass is 9.94. The molecule has 0 saturated heterocycles. The average Bonchev–Trinajstić information content (AvgIpc) is 2.39. The minimum atomic E-state index is -0.502. The van der Waals surface area contributed by atoms with E-state index in [0.717, 1.165) is 5.56 Å². The van der Waals surface area contributed by atoms with E-state index >= 15 is 0 Å². The number of carbonyl (C=O) groups excluding carboxylic acids is 1. The lowest BCUT2D eigenvalue weighted by molar-refractivity contribution is 0.0911. The first-order valence-corrected chi connectivity index (χ1v) is 6.35. The third kappa shape index (κ3) is 3.32. The van der Waals surface area contributed by atoms with E-state index in [1.807, 2.05) is 38.1 Å². The molecule has 0 atom stereocenters. The van der Waals surface area contributed by atoms with Gasteiger partial charge in [0, 0.05) is 17.4 Å². The van der Waals surface area contributed by atoms with Crippen molar-refractivity contribution in [3.05, 3.63) is 64.9 Å². The number of pyridine rings is 1. The van der Waals surface area contributed by atoms with Gasteiger partial charge in [0.05, 0.1) is 11.1 Å². The second kappa shape index (κ2) is 5.41. The summed E-state index contributed by atoms with van der Waals surface area (Å²) in [6, 6.07) is 10.9. The van der Waals surface area contributed by atoms with E-state index in [1.165, 1.54) is 0 Å². The van der Waals surface area contributed by atoms with Crippen LogP contribution in [0.15, 0.2) is 48.8 Å². The highest BCUT2D eigenvalue weighted by Gasteiger charge is 2.23. The minimum Gasteiger partial charge on any atom is -0.343 e. The summed E-state index contributed by atoms with van der Waals surface area (Å²) in [6.07, 6.45) is 3.18. The summed E-state index contributed by atoms with van der Waals surface area (Å²) in [7, 11) is 0. The summed E-state index contributed by atoms with van der Waals surface area (Å²) in [6.45, 7) is 3.87. The van der Waals surface area contributed by atoms with E-state index in [4.69, 9.17) is 11.6 Å². The second-order valence-corrected chi connectivity index (χ2v) is 5.27.